The van der Waals surface area contributed by atoms with Crippen LogP contribution in [0.15, 0.2) is 23.1 Å². The van der Waals surface area contributed by atoms with Crippen LogP contribution in [0, 0.1) is 12.3 Å². The fourth-order valence-electron chi connectivity index (χ4n) is 4.04. The first-order chi connectivity index (χ1) is 12.1. The van der Waals surface area contributed by atoms with Crippen LogP contribution in [-0.4, -0.2) is 52.0 Å². The van der Waals surface area contributed by atoms with Crippen LogP contribution in [0.2, 0.25) is 0 Å². The van der Waals surface area contributed by atoms with Gasteiger partial charge in [0.2, 0.25) is 11.8 Å². The molecule has 0 aromatic heterocycles. The fraction of sp³-hybridized carbons (Fsp3) is 0.619. The summed E-state index contributed by atoms with van der Waals surface area (Å²) < 4.78 is 0. The smallest absolute Gasteiger partial charge is 0.237 e. The maximum Gasteiger partial charge on any atom is 0.237 e. The molecule has 2 amide bonds. The molecule has 0 N–H and O–H groups in total. The van der Waals surface area contributed by atoms with Gasteiger partial charge in [-0.1, -0.05) is 38.5 Å². The first-order valence-corrected chi connectivity index (χ1v) is 10.3. The number of nitrogens with zero attached hydrogens (tertiary/aromatic N) is 2. The van der Waals surface area contributed by atoms with Crippen LogP contribution in [0.25, 0.3) is 0 Å². The molecule has 0 radical (unpaired) electrons. The van der Waals surface area contributed by atoms with E-state index in [1.807, 2.05) is 30.6 Å². The summed E-state index contributed by atoms with van der Waals surface area (Å²) in [6.45, 7) is 13.3. The van der Waals surface area contributed by atoms with Crippen molar-refractivity contribution >= 4 is 23.6 Å². The molecule has 2 heterocycles. The average Bonchev–Trinajstić information content (AvgIpc) is 2.95. The second-order valence-corrected chi connectivity index (χ2v) is 10.1. The minimum absolute atomic E-state index is 0.0402. The van der Waals surface area contributed by atoms with Crippen LogP contribution in [0.3, 0.4) is 0 Å². The number of amides is 2. The van der Waals surface area contributed by atoms with Crippen LogP contribution in [-0.2, 0) is 16.0 Å². The Morgan fingerprint density at radius 3 is 2.31 bits per heavy atom. The van der Waals surface area contributed by atoms with E-state index in [-0.39, 0.29) is 34.6 Å². The summed E-state index contributed by atoms with van der Waals surface area (Å²) in [7, 11) is 0. The van der Waals surface area contributed by atoms with Gasteiger partial charge in [0.25, 0.3) is 0 Å². The number of thioether (sulfide) groups is 1. The third-order valence-electron chi connectivity index (χ3n) is 5.27. The Morgan fingerprint density at radius 1 is 1.12 bits per heavy atom. The number of fused-ring (bicyclic) bond motifs is 1. The molecule has 5 heteroatoms. The molecule has 0 aliphatic carbocycles. The summed E-state index contributed by atoms with van der Waals surface area (Å²) in [6, 6.07) is 6.54. The van der Waals surface area contributed by atoms with Crippen molar-refractivity contribution in [3.63, 3.8) is 0 Å². The zero-order valence-corrected chi connectivity index (χ0v) is 17.5. The van der Waals surface area contributed by atoms with Crippen LogP contribution in [0.5, 0.6) is 0 Å². The molecular weight excluding hydrogens is 344 g/mol. The van der Waals surface area contributed by atoms with E-state index in [1.165, 1.54) is 16.0 Å². The lowest BCUT2D eigenvalue weighted by atomic mass is 9.93. The predicted octanol–water partition coefficient (Wildman–Crippen LogP) is 3.51. The van der Waals surface area contributed by atoms with Gasteiger partial charge in [0, 0.05) is 35.5 Å². The number of hydrogen-bond donors (Lipinski definition) is 0. The van der Waals surface area contributed by atoms with Crippen molar-refractivity contribution in [1.29, 1.82) is 0 Å². The summed E-state index contributed by atoms with van der Waals surface area (Å²) in [4.78, 5) is 31.1. The highest BCUT2D eigenvalue weighted by Gasteiger charge is 2.41. The molecule has 3 unspecified atom stereocenters. The molecule has 0 saturated carbocycles. The second-order valence-electron chi connectivity index (χ2n) is 8.83. The normalized spacial score (nSPS) is 26.0. The maximum atomic E-state index is 13.2. The van der Waals surface area contributed by atoms with Gasteiger partial charge in [0.05, 0.1) is 5.25 Å². The first-order valence-electron chi connectivity index (χ1n) is 9.45. The number of hydrogen-bond acceptors (Lipinski definition) is 3. The Kier molecular flexibility index (Phi) is 5.13. The first kappa shape index (κ1) is 19.3. The molecule has 0 bridgehead atoms. The van der Waals surface area contributed by atoms with Gasteiger partial charge in [-0.15, -0.1) is 11.8 Å². The Morgan fingerprint density at radius 2 is 1.73 bits per heavy atom. The van der Waals surface area contributed by atoms with Gasteiger partial charge < -0.3 is 9.80 Å². The number of aryl methyl sites for hydroxylation is 1. The highest BCUT2D eigenvalue weighted by Crippen LogP contribution is 2.39. The summed E-state index contributed by atoms with van der Waals surface area (Å²) in [5.74, 6) is 0.383. The molecule has 3 atom stereocenters. The SMILES string of the molecule is Cc1ccc2c(c1)SC(C(=O)N1C(C)CN(C(=O)C(C)(C)C)CC1C)C2. The topological polar surface area (TPSA) is 40.6 Å². The fourth-order valence-corrected chi connectivity index (χ4v) is 5.38. The van der Waals surface area contributed by atoms with Crippen LogP contribution in [0.1, 0.15) is 45.7 Å². The van der Waals surface area contributed by atoms with Gasteiger partial charge in [0.15, 0.2) is 0 Å². The van der Waals surface area contributed by atoms with E-state index in [0.29, 0.717) is 13.1 Å². The molecule has 3 rings (SSSR count). The van der Waals surface area contributed by atoms with Crippen molar-refractivity contribution in [2.75, 3.05) is 13.1 Å². The van der Waals surface area contributed by atoms with Crippen molar-refractivity contribution in [1.82, 2.24) is 9.80 Å². The number of piperazine rings is 1. The summed E-state index contributed by atoms with van der Waals surface area (Å²) in [5, 5.41) is -0.0402. The zero-order chi connectivity index (χ0) is 19.2. The average molecular weight is 375 g/mol. The van der Waals surface area contributed by atoms with E-state index >= 15 is 0 Å². The summed E-state index contributed by atoms with van der Waals surface area (Å²) in [6.07, 6.45) is 0.805. The van der Waals surface area contributed by atoms with E-state index in [2.05, 4.69) is 39.0 Å². The molecule has 4 nitrogen and oxygen atoms in total. The third-order valence-corrected chi connectivity index (χ3v) is 6.56. The van der Waals surface area contributed by atoms with Crippen LogP contribution >= 0.6 is 11.8 Å². The summed E-state index contributed by atoms with van der Waals surface area (Å²) in [5.41, 5.74) is 2.13. The second kappa shape index (κ2) is 6.91. The number of carbonyl (C=O) groups is 2. The van der Waals surface area contributed by atoms with Crippen molar-refractivity contribution in [2.24, 2.45) is 5.41 Å². The minimum atomic E-state index is -0.383. The minimum Gasteiger partial charge on any atom is -0.338 e. The molecule has 0 spiro atoms. The highest BCUT2D eigenvalue weighted by atomic mass is 32.2. The lowest BCUT2D eigenvalue weighted by molar-refractivity contribution is -0.150. The Bertz CT molecular complexity index is 713. The standard InChI is InChI=1S/C21H30N2O2S/c1-13-7-8-16-10-18(26-17(16)9-13)19(24)23-14(2)11-22(12-15(23)3)20(25)21(4,5)6/h7-9,14-15,18H,10-12H2,1-6H3. The molecule has 1 aromatic rings. The molecule has 2 aliphatic rings. The Balaban J connectivity index is 1.71. The van der Waals surface area contributed by atoms with Gasteiger partial charge in [-0.3, -0.25) is 9.59 Å². The predicted molar refractivity (Wildman–Crippen MR) is 106 cm³/mol. The number of rotatable bonds is 1. The molecule has 2 aliphatic heterocycles. The van der Waals surface area contributed by atoms with Crippen molar-refractivity contribution in [3.8, 4) is 0 Å². The van der Waals surface area contributed by atoms with Crippen molar-refractivity contribution < 1.29 is 9.59 Å². The summed E-state index contributed by atoms with van der Waals surface area (Å²) >= 11 is 1.70. The molecule has 1 fully saturated rings. The highest BCUT2D eigenvalue weighted by molar-refractivity contribution is 8.01. The lowest BCUT2D eigenvalue weighted by Crippen LogP contribution is -2.62. The van der Waals surface area contributed by atoms with E-state index < -0.39 is 0 Å². The Hall–Kier alpha value is -1.49. The van der Waals surface area contributed by atoms with E-state index in [4.69, 9.17) is 0 Å². The molecular formula is C21H30N2O2S. The van der Waals surface area contributed by atoms with E-state index in [1.54, 1.807) is 11.8 Å². The van der Waals surface area contributed by atoms with E-state index in [0.717, 1.165) is 6.42 Å². The number of carbonyl (C=O) groups excluding carboxylic acids is 2. The monoisotopic (exact) mass is 374 g/mol. The number of benzene rings is 1. The van der Waals surface area contributed by atoms with Crippen LogP contribution < -0.4 is 0 Å². The van der Waals surface area contributed by atoms with Gasteiger partial charge in [0.1, 0.15) is 0 Å². The molecule has 1 saturated heterocycles. The van der Waals surface area contributed by atoms with Gasteiger partial charge in [-0.2, -0.15) is 0 Å². The zero-order valence-electron chi connectivity index (χ0n) is 16.7. The van der Waals surface area contributed by atoms with Crippen LogP contribution in [0.4, 0.5) is 0 Å². The van der Waals surface area contributed by atoms with Crippen molar-refractivity contribution in [3.05, 3.63) is 29.3 Å². The Labute approximate surface area is 161 Å². The molecule has 1 aromatic carbocycles. The molecule has 26 heavy (non-hydrogen) atoms. The molecule has 142 valence electrons. The van der Waals surface area contributed by atoms with Crippen molar-refractivity contribution in [2.45, 2.75) is 70.2 Å². The van der Waals surface area contributed by atoms with Gasteiger partial charge in [-0.25, -0.2) is 0 Å². The third kappa shape index (κ3) is 3.64. The van der Waals surface area contributed by atoms with E-state index in [9.17, 15) is 9.59 Å². The largest absolute Gasteiger partial charge is 0.338 e. The van der Waals surface area contributed by atoms with Gasteiger partial charge in [-0.05, 0) is 38.8 Å². The van der Waals surface area contributed by atoms with Gasteiger partial charge >= 0.3 is 0 Å². The quantitative estimate of drug-likeness (QED) is 0.755. The lowest BCUT2D eigenvalue weighted by Gasteiger charge is -2.46. The maximum absolute atomic E-state index is 13.2.